The summed E-state index contributed by atoms with van der Waals surface area (Å²) in [6.07, 6.45) is 1.96. The third kappa shape index (κ3) is 5.18. The van der Waals surface area contributed by atoms with E-state index in [0.29, 0.717) is 5.75 Å². The van der Waals surface area contributed by atoms with Gasteiger partial charge >= 0.3 is 5.69 Å². The number of hydrogen-bond acceptors (Lipinski definition) is 6. The number of amides is 1. The van der Waals surface area contributed by atoms with Gasteiger partial charge in [-0.3, -0.25) is 14.9 Å². The van der Waals surface area contributed by atoms with Crippen molar-refractivity contribution in [3.63, 3.8) is 0 Å². The lowest BCUT2D eigenvalue weighted by Crippen LogP contribution is -2.24. The van der Waals surface area contributed by atoms with E-state index < -0.39 is 22.3 Å². The maximum Gasteiger partial charge on any atom is 0.312 e. The van der Waals surface area contributed by atoms with E-state index in [0.717, 1.165) is 24.3 Å². The Morgan fingerprint density at radius 2 is 2.08 bits per heavy atom. The largest absolute Gasteiger partial charge is 0.502 e. The van der Waals surface area contributed by atoms with E-state index in [1.807, 2.05) is 19.1 Å². The van der Waals surface area contributed by atoms with E-state index in [1.54, 1.807) is 12.1 Å². The molecule has 1 amide bonds. The van der Waals surface area contributed by atoms with Crippen molar-refractivity contribution in [1.82, 2.24) is 5.43 Å². The van der Waals surface area contributed by atoms with Crippen LogP contribution in [0.2, 0.25) is 5.02 Å². The number of nitro benzene ring substituents is 1. The van der Waals surface area contributed by atoms with E-state index in [-0.39, 0.29) is 17.2 Å². The number of hydrazone groups is 1. The minimum Gasteiger partial charge on any atom is -0.502 e. The second-order valence-corrected chi connectivity index (χ2v) is 5.64. The van der Waals surface area contributed by atoms with Crippen LogP contribution in [0.3, 0.4) is 0 Å². The predicted octanol–water partition coefficient (Wildman–Crippen LogP) is 3.05. The van der Waals surface area contributed by atoms with Gasteiger partial charge in [0.2, 0.25) is 5.75 Å². The predicted molar refractivity (Wildman–Crippen MR) is 96.8 cm³/mol. The number of carbonyl (C=O) groups excluding carboxylic acids is 1. The Kier molecular flexibility index (Phi) is 6.51. The Balaban J connectivity index is 1.93. The van der Waals surface area contributed by atoms with Crippen LogP contribution in [0.4, 0.5) is 5.69 Å². The van der Waals surface area contributed by atoms with Crippen molar-refractivity contribution in [3.8, 4) is 11.5 Å². The van der Waals surface area contributed by atoms with Crippen LogP contribution in [0.15, 0.2) is 41.5 Å². The molecule has 0 bridgehead atoms. The molecule has 0 aromatic heterocycles. The van der Waals surface area contributed by atoms with Crippen LogP contribution < -0.4 is 10.2 Å². The lowest BCUT2D eigenvalue weighted by Gasteiger charge is -2.06. The molecule has 0 atom stereocenters. The van der Waals surface area contributed by atoms with Crippen LogP contribution >= 0.6 is 11.6 Å². The number of halogens is 1. The second-order valence-electron chi connectivity index (χ2n) is 5.20. The summed E-state index contributed by atoms with van der Waals surface area (Å²) in [5.74, 6) is -0.578. The van der Waals surface area contributed by atoms with E-state index >= 15 is 0 Å². The number of aromatic hydroxyl groups is 1. The average molecular weight is 378 g/mol. The Morgan fingerprint density at radius 3 is 2.69 bits per heavy atom. The highest BCUT2D eigenvalue weighted by molar-refractivity contribution is 6.31. The zero-order valence-electron chi connectivity index (χ0n) is 13.8. The van der Waals surface area contributed by atoms with Gasteiger partial charge in [0.25, 0.3) is 5.91 Å². The molecule has 26 heavy (non-hydrogen) atoms. The van der Waals surface area contributed by atoms with Crippen molar-refractivity contribution in [1.29, 1.82) is 0 Å². The Hall–Kier alpha value is -3.13. The molecule has 0 fully saturated rings. The summed E-state index contributed by atoms with van der Waals surface area (Å²) in [6, 6.07) is 9.63. The molecule has 2 rings (SSSR count). The fourth-order valence-electron chi connectivity index (χ4n) is 2.02. The molecule has 8 nitrogen and oxygen atoms in total. The number of benzene rings is 2. The first-order chi connectivity index (χ1) is 12.4. The summed E-state index contributed by atoms with van der Waals surface area (Å²) in [5, 5.41) is 24.3. The number of phenols is 1. The molecule has 0 heterocycles. The van der Waals surface area contributed by atoms with Crippen molar-refractivity contribution >= 4 is 29.4 Å². The highest BCUT2D eigenvalue weighted by atomic mass is 35.5. The first-order valence-electron chi connectivity index (χ1n) is 7.61. The standard InChI is InChI=1S/C17H16ClN3O5/c1-2-11-3-5-14(6-4-11)26-10-16(22)20-19-9-12-7-13(18)8-15(17(12)23)21(24)25/h3-9,23H,2,10H2,1H3,(H,20,22)/b19-9-. The van der Waals surface area contributed by atoms with Crippen LogP contribution in [0.25, 0.3) is 0 Å². The molecule has 0 aliphatic heterocycles. The molecule has 136 valence electrons. The van der Waals surface area contributed by atoms with Crippen molar-refractivity contribution < 1.29 is 19.6 Å². The molecule has 2 N–H and O–H groups in total. The van der Waals surface area contributed by atoms with Crippen LogP contribution in [0.5, 0.6) is 11.5 Å². The Bertz CT molecular complexity index is 837. The maximum atomic E-state index is 11.7. The number of rotatable bonds is 7. The Morgan fingerprint density at radius 1 is 1.38 bits per heavy atom. The smallest absolute Gasteiger partial charge is 0.312 e. The van der Waals surface area contributed by atoms with E-state index in [1.165, 1.54) is 6.07 Å². The van der Waals surface area contributed by atoms with Crippen molar-refractivity contribution in [2.45, 2.75) is 13.3 Å². The maximum absolute atomic E-state index is 11.7. The number of carbonyl (C=O) groups is 1. The molecule has 0 saturated heterocycles. The molecular weight excluding hydrogens is 362 g/mol. The van der Waals surface area contributed by atoms with Crippen molar-refractivity contribution in [2.24, 2.45) is 5.10 Å². The number of nitrogens with zero attached hydrogens (tertiary/aromatic N) is 2. The zero-order chi connectivity index (χ0) is 19.1. The fraction of sp³-hybridized carbons (Fsp3) is 0.176. The lowest BCUT2D eigenvalue weighted by molar-refractivity contribution is -0.385. The van der Waals surface area contributed by atoms with Gasteiger partial charge < -0.3 is 9.84 Å². The van der Waals surface area contributed by atoms with E-state index in [9.17, 15) is 20.0 Å². The topological polar surface area (TPSA) is 114 Å². The summed E-state index contributed by atoms with van der Waals surface area (Å²) < 4.78 is 5.32. The van der Waals surface area contributed by atoms with Gasteiger partial charge in [-0.2, -0.15) is 5.10 Å². The molecule has 0 radical (unpaired) electrons. The van der Waals surface area contributed by atoms with Gasteiger partial charge in [-0.25, -0.2) is 5.43 Å². The molecule has 0 aliphatic rings. The van der Waals surface area contributed by atoms with Gasteiger partial charge in [0.05, 0.1) is 11.1 Å². The number of nitrogens with one attached hydrogen (secondary N) is 1. The number of aryl methyl sites for hydroxylation is 1. The summed E-state index contributed by atoms with van der Waals surface area (Å²) in [6.45, 7) is 1.78. The molecule has 0 saturated carbocycles. The number of ether oxygens (including phenoxy) is 1. The number of hydrogen-bond donors (Lipinski definition) is 2. The number of nitro groups is 1. The highest BCUT2D eigenvalue weighted by Gasteiger charge is 2.17. The quantitative estimate of drug-likeness (QED) is 0.437. The van der Waals surface area contributed by atoms with Gasteiger partial charge in [-0.1, -0.05) is 30.7 Å². The summed E-state index contributed by atoms with van der Waals surface area (Å²) in [5.41, 5.74) is 2.80. The second kappa shape index (κ2) is 8.82. The van der Waals surface area contributed by atoms with Gasteiger partial charge in [0, 0.05) is 16.7 Å². The van der Waals surface area contributed by atoms with Gasteiger partial charge in [0.1, 0.15) is 5.75 Å². The van der Waals surface area contributed by atoms with Crippen LogP contribution in [-0.4, -0.2) is 28.8 Å². The Labute approximate surface area is 154 Å². The third-order valence-corrected chi connectivity index (χ3v) is 3.59. The van der Waals surface area contributed by atoms with Crippen LogP contribution in [-0.2, 0) is 11.2 Å². The normalized spacial score (nSPS) is 10.7. The minimum absolute atomic E-state index is 0.000530. The van der Waals surface area contributed by atoms with Gasteiger partial charge in [-0.05, 0) is 30.2 Å². The molecular formula is C17H16ClN3O5. The summed E-state index contributed by atoms with van der Waals surface area (Å²) in [4.78, 5) is 21.8. The highest BCUT2D eigenvalue weighted by Crippen LogP contribution is 2.32. The fourth-order valence-corrected chi connectivity index (χ4v) is 2.24. The van der Waals surface area contributed by atoms with Crippen molar-refractivity contribution in [2.75, 3.05) is 6.61 Å². The first kappa shape index (κ1) is 19.2. The van der Waals surface area contributed by atoms with Gasteiger partial charge in [-0.15, -0.1) is 0 Å². The molecule has 2 aromatic carbocycles. The first-order valence-corrected chi connectivity index (χ1v) is 7.99. The molecule has 9 heteroatoms. The third-order valence-electron chi connectivity index (χ3n) is 3.38. The average Bonchev–Trinajstić information content (AvgIpc) is 2.62. The van der Waals surface area contributed by atoms with Gasteiger partial charge in [0.15, 0.2) is 6.61 Å². The minimum atomic E-state index is -0.769. The summed E-state index contributed by atoms with van der Waals surface area (Å²) >= 11 is 5.76. The van der Waals surface area contributed by atoms with Crippen LogP contribution in [0.1, 0.15) is 18.1 Å². The van der Waals surface area contributed by atoms with E-state index in [2.05, 4.69) is 10.5 Å². The van der Waals surface area contributed by atoms with Crippen LogP contribution in [0, 0.1) is 10.1 Å². The van der Waals surface area contributed by atoms with E-state index in [4.69, 9.17) is 16.3 Å². The summed E-state index contributed by atoms with van der Waals surface area (Å²) in [7, 11) is 0. The SMILES string of the molecule is CCc1ccc(OCC(=O)N/N=C\c2cc(Cl)cc([N+](=O)[O-])c2O)cc1. The molecule has 0 unspecified atom stereocenters. The zero-order valence-corrected chi connectivity index (χ0v) is 14.6. The van der Waals surface area contributed by atoms with Crippen molar-refractivity contribution in [3.05, 3.63) is 62.7 Å². The number of phenolic OH excluding ortho intramolecular Hbond substituents is 1. The molecule has 0 spiro atoms. The molecule has 2 aromatic rings. The molecule has 0 aliphatic carbocycles. The monoisotopic (exact) mass is 377 g/mol. The lowest BCUT2D eigenvalue weighted by atomic mass is 10.2.